The summed E-state index contributed by atoms with van der Waals surface area (Å²) < 4.78 is 35.1. The number of carbonyl (C=O) groups excluding carboxylic acids is 1. The minimum atomic E-state index is -1.12. The van der Waals surface area contributed by atoms with Gasteiger partial charge in [0.1, 0.15) is 0 Å². The summed E-state index contributed by atoms with van der Waals surface area (Å²) in [4.78, 5) is 10.9. The molecule has 0 aliphatic carbocycles. The fourth-order valence-corrected chi connectivity index (χ4v) is 0.980. The number of carbonyl (C=O) groups is 1. The first kappa shape index (κ1) is 11.4. The third kappa shape index (κ3) is 2.65. The van der Waals surface area contributed by atoms with E-state index in [1.165, 1.54) is 26.2 Å². The molecule has 0 amide bonds. The molecule has 0 aromatic heterocycles. The van der Waals surface area contributed by atoms with Gasteiger partial charge >= 0.3 is 5.97 Å². The zero-order valence-electron chi connectivity index (χ0n) is 8.29. The summed E-state index contributed by atoms with van der Waals surface area (Å²) in [7, 11) is 1.18. The van der Waals surface area contributed by atoms with Crippen molar-refractivity contribution < 1.29 is 23.0 Å². The maximum Gasteiger partial charge on any atom is 0.346 e. The fraction of sp³-hybridized carbons (Fsp3) is 0.300. The molecular weight excluding hydrogens is 206 g/mol. The highest BCUT2D eigenvalue weighted by Crippen LogP contribution is 2.20. The number of methoxy groups -OCH3 is 1. The van der Waals surface area contributed by atoms with E-state index in [9.17, 15) is 13.6 Å². The van der Waals surface area contributed by atoms with Crippen molar-refractivity contribution in [3.8, 4) is 5.75 Å². The Morgan fingerprint density at radius 2 is 2.07 bits per heavy atom. The van der Waals surface area contributed by atoms with E-state index in [1.807, 2.05) is 0 Å². The van der Waals surface area contributed by atoms with Gasteiger partial charge in [0.05, 0.1) is 7.11 Å². The largest absolute Gasteiger partial charge is 0.476 e. The second-order valence-corrected chi connectivity index (χ2v) is 2.84. The summed E-state index contributed by atoms with van der Waals surface area (Å²) in [6, 6.07) is 3.49. The van der Waals surface area contributed by atoms with Gasteiger partial charge < -0.3 is 9.47 Å². The van der Waals surface area contributed by atoms with Gasteiger partial charge in [-0.05, 0) is 19.1 Å². The van der Waals surface area contributed by atoms with Crippen LogP contribution in [0.3, 0.4) is 0 Å². The van der Waals surface area contributed by atoms with Crippen LogP contribution in [-0.4, -0.2) is 19.2 Å². The lowest BCUT2D eigenvalue weighted by molar-refractivity contribution is -0.148. The van der Waals surface area contributed by atoms with Crippen LogP contribution in [0.2, 0.25) is 0 Å². The molecule has 0 aliphatic heterocycles. The summed E-state index contributed by atoms with van der Waals surface area (Å²) in [6.07, 6.45) is -0.980. The number of rotatable bonds is 3. The van der Waals surface area contributed by atoms with Gasteiger partial charge in [-0.15, -0.1) is 0 Å². The van der Waals surface area contributed by atoms with Gasteiger partial charge in [-0.3, -0.25) is 0 Å². The summed E-state index contributed by atoms with van der Waals surface area (Å²) in [5.74, 6) is -3.11. The third-order valence-electron chi connectivity index (χ3n) is 1.75. The highest BCUT2D eigenvalue weighted by atomic mass is 19.2. The van der Waals surface area contributed by atoms with Crippen molar-refractivity contribution in [2.75, 3.05) is 7.11 Å². The average molecular weight is 216 g/mol. The first-order valence-corrected chi connectivity index (χ1v) is 4.24. The van der Waals surface area contributed by atoms with E-state index in [4.69, 9.17) is 4.74 Å². The van der Waals surface area contributed by atoms with Crippen LogP contribution >= 0.6 is 0 Å². The van der Waals surface area contributed by atoms with E-state index in [1.54, 1.807) is 0 Å². The van der Waals surface area contributed by atoms with Gasteiger partial charge in [0.25, 0.3) is 0 Å². The smallest absolute Gasteiger partial charge is 0.346 e. The van der Waals surface area contributed by atoms with Crippen LogP contribution in [0.25, 0.3) is 0 Å². The Labute approximate surface area is 85.6 Å². The molecule has 0 aliphatic rings. The second kappa shape index (κ2) is 4.72. The quantitative estimate of drug-likeness (QED) is 0.724. The summed E-state index contributed by atoms with van der Waals surface area (Å²) >= 11 is 0. The SMILES string of the molecule is COC(=O)[C@H](C)Oc1cccc(F)c1F. The van der Waals surface area contributed by atoms with E-state index < -0.39 is 23.7 Å². The molecule has 5 heteroatoms. The predicted molar refractivity (Wildman–Crippen MR) is 48.5 cm³/mol. The van der Waals surface area contributed by atoms with Crippen molar-refractivity contribution in [3.63, 3.8) is 0 Å². The third-order valence-corrected chi connectivity index (χ3v) is 1.75. The van der Waals surface area contributed by atoms with Crippen molar-refractivity contribution in [2.24, 2.45) is 0 Å². The van der Waals surface area contributed by atoms with Crippen LogP contribution in [0.1, 0.15) is 6.92 Å². The first-order chi connectivity index (χ1) is 7.06. The van der Waals surface area contributed by atoms with E-state index in [0.29, 0.717) is 0 Å². The molecule has 0 radical (unpaired) electrons. The van der Waals surface area contributed by atoms with E-state index in [2.05, 4.69) is 4.74 Å². The Morgan fingerprint density at radius 3 is 2.67 bits per heavy atom. The van der Waals surface area contributed by atoms with Crippen LogP contribution in [0.5, 0.6) is 5.75 Å². The molecule has 3 nitrogen and oxygen atoms in total. The number of hydrogen-bond donors (Lipinski definition) is 0. The maximum absolute atomic E-state index is 13.1. The molecule has 1 aromatic carbocycles. The summed E-state index contributed by atoms with van der Waals surface area (Å²) in [5.41, 5.74) is 0. The Morgan fingerprint density at radius 1 is 1.40 bits per heavy atom. The lowest BCUT2D eigenvalue weighted by Gasteiger charge is -2.12. The maximum atomic E-state index is 13.1. The van der Waals surface area contributed by atoms with Crippen molar-refractivity contribution in [3.05, 3.63) is 29.8 Å². The van der Waals surface area contributed by atoms with Crippen molar-refractivity contribution in [1.82, 2.24) is 0 Å². The fourth-order valence-electron chi connectivity index (χ4n) is 0.980. The first-order valence-electron chi connectivity index (χ1n) is 4.24. The molecule has 0 bridgehead atoms. The van der Waals surface area contributed by atoms with Crippen molar-refractivity contribution in [2.45, 2.75) is 13.0 Å². The van der Waals surface area contributed by atoms with Crippen LogP contribution < -0.4 is 4.74 Å². The summed E-state index contributed by atoms with van der Waals surface area (Å²) in [5, 5.41) is 0. The Bertz CT molecular complexity index is 366. The molecule has 0 saturated heterocycles. The van der Waals surface area contributed by atoms with E-state index >= 15 is 0 Å². The average Bonchev–Trinajstić information content (AvgIpc) is 2.23. The molecule has 0 N–H and O–H groups in total. The highest BCUT2D eigenvalue weighted by molar-refractivity contribution is 5.74. The molecule has 1 rings (SSSR count). The molecule has 0 heterocycles. The molecule has 1 atom stereocenters. The normalized spacial score (nSPS) is 12.0. The van der Waals surface area contributed by atoms with Crippen LogP contribution in [0.15, 0.2) is 18.2 Å². The van der Waals surface area contributed by atoms with Gasteiger partial charge in [0.15, 0.2) is 17.7 Å². The Balaban J connectivity index is 2.81. The number of esters is 1. The van der Waals surface area contributed by atoms with Gasteiger partial charge in [-0.1, -0.05) is 6.07 Å². The minimum absolute atomic E-state index is 0.312. The summed E-state index contributed by atoms with van der Waals surface area (Å²) in [6.45, 7) is 1.39. The van der Waals surface area contributed by atoms with Crippen LogP contribution in [-0.2, 0) is 9.53 Å². The standard InChI is InChI=1S/C10H10F2O3/c1-6(10(13)14-2)15-8-5-3-4-7(11)9(8)12/h3-6H,1-2H3/t6-/m0/s1. The number of ether oxygens (including phenoxy) is 2. The van der Waals surface area contributed by atoms with Crippen LogP contribution in [0, 0.1) is 11.6 Å². The van der Waals surface area contributed by atoms with Crippen LogP contribution in [0.4, 0.5) is 8.78 Å². The number of halogens is 2. The number of benzene rings is 1. The Hall–Kier alpha value is -1.65. The Kier molecular flexibility index (Phi) is 3.60. The number of hydrogen-bond acceptors (Lipinski definition) is 3. The van der Waals surface area contributed by atoms with Gasteiger partial charge in [-0.2, -0.15) is 4.39 Å². The molecule has 82 valence electrons. The lowest BCUT2D eigenvalue weighted by atomic mass is 10.3. The second-order valence-electron chi connectivity index (χ2n) is 2.84. The molecule has 0 fully saturated rings. The lowest BCUT2D eigenvalue weighted by Crippen LogP contribution is -2.25. The zero-order valence-corrected chi connectivity index (χ0v) is 8.29. The van der Waals surface area contributed by atoms with E-state index in [0.717, 1.165) is 6.07 Å². The topological polar surface area (TPSA) is 35.5 Å². The molecule has 15 heavy (non-hydrogen) atoms. The monoisotopic (exact) mass is 216 g/mol. The molecular formula is C10H10F2O3. The predicted octanol–water partition coefficient (Wildman–Crippen LogP) is 1.91. The van der Waals surface area contributed by atoms with Gasteiger partial charge in [0, 0.05) is 0 Å². The van der Waals surface area contributed by atoms with E-state index in [-0.39, 0.29) is 5.75 Å². The minimum Gasteiger partial charge on any atom is -0.476 e. The van der Waals surface area contributed by atoms with Gasteiger partial charge in [-0.25, -0.2) is 9.18 Å². The molecule has 1 aromatic rings. The zero-order chi connectivity index (χ0) is 11.4. The molecule has 0 spiro atoms. The highest BCUT2D eigenvalue weighted by Gasteiger charge is 2.18. The van der Waals surface area contributed by atoms with Crippen molar-refractivity contribution in [1.29, 1.82) is 0 Å². The van der Waals surface area contributed by atoms with Gasteiger partial charge in [0.2, 0.25) is 5.82 Å². The van der Waals surface area contributed by atoms with Crippen molar-refractivity contribution >= 4 is 5.97 Å². The molecule has 0 saturated carbocycles. The molecule has 0 unspecified atom stereocenters.